The van der Waals surface area contributed by atoms with E-state index in [1.54, 1.807) is 54.7 Å². The third-order valence-corrected chi connectivity index (χ3v) is 9.61. The van der Waals surface area contributed by atoms with E-state index in [1.165, 1.54) is 27.5 Å². The number of carbonyl (C=O) groups is 3. The normalized spacial score (nSPS) is 19.1. The predicted molar refractivity (Wildman–Crippen MR) is 159 cm³/mol. The van der Waals surface area contributed by atoms with Gasteiger partial charge in [-0.1, -0.05) is 36.4 Å². The van der Waals surface area contributed by atoms with Crippen LogP contribution in [-0.4, -0.2) is 81.7 Å². The lowest BCUT2D eigenvalue weighted by Gasteiger charge is -2.28. The number of rotatable bonds is 8. The molecule has 6 rings (SSSR count). The molecule has 3 unspecified atom stereocenters. The second-order valence-corrected chi connectivity index (χ2v) is 12.6. The zero-order valence-electron chi connectivity index (χ0n) is 23.4. The molecule has 3 atom stereocenters. The van der Waals surface area contributed by atoms with Gasteiger partial charge in [0.2, 0.25) is 15.9 Å². The molecular formula is C31H29N5O7S. The number of phenols is 1. The summed E-state index contributed by atoms with van der Waals surface area (Å²) in [5.74, 6) is -1.05. The summed E-state index contributed by atoms with van der Waals surface area (Å²) in [7, 11) is -3.90. The van der Waals surface area contributed by atoms with Crippen molar-refractivity contribution < 1.29 is 32.6 Å². The molecule has 4 heterocycles. The Hall–Kier alpha value is -4.88. The van der Waals surface area contributed by atoms with Crippen LogP contribution in [0, 0.1) is 0 Å². The number of aromatic hydroxyl groups is 1. The van der Waals surface area contributed by atoms with Crippen LogP contribution in [0.2, 0.25) is 0 Å². The van der Waals surface area contributed by atoms with E-state index >= 15 is 0 Å². The highest BCUT2D eigenvalue weighted by atomic mass is 32.2. The largest absolute Gasteiger partial charge is 0.508 e. The van der Waals surface area contributed by atoms with Crippen molar-refractivity contribution in [2.75, 3.05) is 13.1 Å². The van der Waals surface area contributed by atoms with Crippen LogP contribution < -0.4 is 10.1 Å². The first-order valence-electron chi connectivity index (χ1n) is 14.0. The summed E-state index contributed by atoms with van der Waals surface area (Å²) in [4.78, 5) is 50.1. The Morgan fingerprint density at radius 3 is 2.55 bits per heavy atom. The summed E-state index contributed by atoms with van der Waals surface area (Å²) in [6.45, 7) is -0.216. The number of phenolic OH excluding ortho intramolecular Hbond substituents is 1. The maximum absolute atomic E-state index is 14.0. The van der Waals surface area contributed by atoms with Crippen LogP contribution in [0.15, 0.2) is 85.2 Å². The van der Waals surface area contributed by atoms with Gasteiger partial charge >= 0.3 is 6.09 Å². The van der Waals surface area contributed by atoms with Gasteiger partial charge in [0.15, 0.2) is 11.5 Å². The van der Waals surface area contributed by atoms with Gasteiger partial charge in [0.05, 0.1) is 18.3 Å². The van der Waals surface area contributed by atoms with Gasteiger partial charge in [0.1, 0.15) is 29.1 Å². The number of para-hydroxylation sites is 1. The van der Waals surface area contributed by atoms with Crippen LogP contribution in [0.25, 0.3) is 10.9 Å². The van der Waals surface area contributed by atoms with E-state index in [2.05, 4.69) is 15.3 Å². The first-order chi connectivity index (χ1) is 21.2. The molecule has 2 saturated heterocycles. The number of nitrogens with one attached hydrogen (secondary N) is 1. The van der Waals surface area contributed by atoms with E-state index in [4.69, 9.17) is 4.74 Å². The third-order valence-electron chi connectivity index (χ3n) is 7.84. The molecule has 4 aromatic rings. The van der Waals surface area contributed by atoms with Crippen molar-refractivity contribution in [1.82, 2.24) is 24.5 Å². The SMILES string of the molecule is O=C(NC(Cc1ccc(O)cc1)C(=O)N1CCC2C1C(=O)CN2S(=O)(=O)Cc1ccccn1)Oc1cccc2cccnc12. The summed E-state index contributed by atoms with van der Waals surface area (Å²) in [6.07, 6.45) is 2.48. The maximum Gasteiger partial charge on any atom is 0.413 e. The van der Waals surface area contributed by atoms with Crippen LogP contribution in [0.3, 0.4) is 0 Å². The topological polar surface area (TPSA) is 159 Å². The predicted octanol–water partition coefficient (Wildman–Crippen LogP) is 2.42. The Kier molecular flexibility index (Phi) is 7.97. The minimum atomic E-state index is -3.90. The number of pyridine rings is 2. The van der Waals surface area contributed by atoms with E-state index in [0.717, 1.165) is 5.39 Å². The number of sulfonamides is 1. The van der Waals surface area contributed by atoms with Gasteiger partial charge in [-0.25, -0.2) is 13.2 Å². The summed E-state index contributed by atoms with van der Waals surface area (Å²) in [6, 6.07) is 17.0. The zero-order valence-corrected chi connectivity index (χ0v) is 24.3. The highest BCUT2D eigenvalue weighted by Gasteiger charge is 2.54. The second kappa shape index (κ2) is 12.0. The number of hydrogen-bond acceptors (Lipinski definition) is 9. The second-order valence-electron chi connectivity index (χ2n) is 10.7. The molecule has 12 nitrogen and oxygen atoms in total. The van der Waals surface area contributed by atoms with E-state index < -0.39 is 45.9 Å². The number of fused-ring (bicyclic) bond motifs is 2. The molecule has 0 bridgehead atoms. The van der Waals surface area contributed by atoms with E-state index in [-0.39, 0.29) is 43.2 Å². The van der Waals surface area contributed by atoms with Gasteiger partial charge < -0.3 is 20.1 Å². The van der Waals surface area contributed by atoms with Crippen LogP contribution in [0.5, 0.6) is 11.5 Å². The molecule has 0 aliphatic carbocycles. The molecular weight excluding hydrogens is 586 g/mol. The molecule has 2 aliphatic rings. The fraction of sp³-hybridized carbons (Fsp3) is 0.258. The van der Waals surface area contributed by atoms with Gasteiger partial charge in [-0.15, -0.1) is 0 Å². The summed E-state index contributed by atoms with van der Waals surface area (Å²) in [5.41, 5.74) is 1.46. The number of Topliss-reactive ketones (excluding diaryl/α,β-unsaturated/α-hetero) is 1. The van der Waals surface area contributed by atoms with Crippen molar-refractivity contribution in [3.63, 3.8) is 0 Å². The number of amides is 2. The monoisotopic (exact) mass is 615 g/mol. The lowest BCUT2D eigenvalue weighted by molar-refractivity contribution is -0.138. The van der Waals surface area contributed by atoms with E-state index in [9.17, 15) is 27.9 Å². The van der Waals surface area contributed by atoms with Gasteiger partial charge in [0, 0.05) is 30.7 Å². The van der Waals surface area contributed by atoms with Crippen LogP contribution in [0.1, 0.15) is 17.7 Å². The molecule has 2 aromatic heterocycles. The first-order valence-corrected chi connectivity index (χ1v) is 15.6. The van der Waals surface area contributed by atoms with Gasteiger partial charge in [0.25, 0.3) is 0 Å². The Bertz CT molecular complexity index is 1810. The molecule has 2 N–H and O–H groups in total. The molecule has 44 heavy (non-hydrogen) atoms. The quantitative estimate of drug-likeness (QED) is 0.304. The molecule has 0 saturated carbocycles. The number of nitrogens with zero attached hydrogens (tertiary/aromatic N) is 4. The number of benzene rings is 2. The Morgan fingerprint density at radius 1 is 1.00 bits per heavy atom. The highest BCUT2D eigenvalue weighted by Crippen LogP contribution is 2.33. The Morgan fingerprint density at radius 2 is 1.77 bits per heavy atom. The molecule has 13 heteroatoms. The molecule has 0 radical (unpaired) electrons. The average Bonchev–Trinajstić information content (AvgIpc) is 3.59. The van der Waals surface area contributed by atoms with Crippen LogP contribution in [0.4, 0.5) is 4.79 Å². The van der Waals surface area contributed by atoms with Gasteiger partial charge in [-0.05, 0) is 48.4 Å². The van der Waals surface area contributed by atoms with Crippen LogP contribution in [-0.2, 0) is 31.8 Å². The minimum Gasteiger partial charge on any atom is -0.508 e. The van der Waals surface area contributed by atoms with E-state index in [0.29, 0.717) is 16.8 Å². The lowest BCUT2D eigenvalue weighted by atomic mass is 10.0. The van der Waals surface area contributed by atoms with Gasteiger partial charge in [-0.2, -0.15) is 4.31 Å². The Balaban J connectivity index is 1.22. The van der Waals surface area contributed by atoms with Crippen molar-refractivity contribution in [2.24, 2.45) is 0 Å². The summed E-state index contributed by atoms with van der Waals surface area (Å²) < 4.78 is 33.4. The van der Waals surface area contributed by atoms with Gasteiger partial charge in [-0.3, -0.25) is 19.6 Å². The summed E-state index contributed by atoms with van der Waals surface area (Å²) in [5, 5.41) is 13.1. The number of ether oxygens (including phenoxy) is 1. The fourth-order valence-electron chi connectivity index (χ4n) is 5.83. The number of hydrogen-bond donors (Lipinski definition) is 2. The van der Waals surface area contributed by atoms with Crippen molar-refractivity contribution >= 4 is 38.7 Å². The van der Waals surface area contributed by atoms with Crippen molar-refractivity contribution in [1.29, 1.82) is 0 Å². The zero-order chi connectivity index (χ0) is 30.8. The number of ketones is 1. The Labute approximate surface area is 253 Å². The van der Waals surface area contributed by atoms with Crippen molar-refractivity contribution in [2.45, 2.75) is 36.7 Å². The molecule has 2 aromatic carbocycles. The molecule has 0 spiro atoms. The van der Waals surface area contributed by atoms with Crippen LogP contribution >= 0.6 is 0 Å². The molecule has 2 aliphatic heterocycles. The highest BCUT2D eigenvalue weighted by molar-refractivity contribution is 7.88. The van der Waals surface area contributed by atoms with E-state index in [1.807, 2.05) is 12.1 Å². The van der Waals surface area contributed by atoms with Crippen molar-refractivity contribution in [3.05, 3.63) is 96.4 Å². The maximum atomic E-state index is 14.0. The standard InChI is InChI=1S/C31H29N5O7S/c37-23-11-9-20(10-12-23)17-24(34-31(40)43-27-8-3-5-21-6-4-15-33-28(21)27)30(39)35-16-13-25-29(35)26(38)18-36(25)44(41,42)19-22-7-1-2-14-32-22/h1-12,14-15,24-25,29,37H,13,16-19H2,(H,34,40). The molecule has 226 valence electrons. The third kappa shape index (κ3) is 5.96. The smallest absolute Gasteiger partial charge is 0.413 e. The molecule has 2 amide bonds. The molecule has 2 fully saturated rings. The fourth-order valence-corrected chi connectivity index (χ4v) is 7.50. The number of likely N-dealkylation sites (tertiary alicyclic amines) is 1. The lowest BCUT2D eigenvalue weighted by Crippen LogP contribution is -2.53. The number of carbonyl (C=O) groups excluding carboxylic acids is 3. The minimum absolute atomic E-state index is 0.0335. The number of aromatic nitrogens is 2. The summed E-state index contributed by atoms with van der Waals surface area (Å²) >= 11 is 0. The average molecular weight is 616 g/mol. The van der Waals surface area contributed by atoms with Crippen molar-refractivity contribution in [3.8, 4) is 11.5 Å². The first kappa shape index (κ1) is 29.2.